The molecular weight excluding hydrogens is 526 g/mol. The molecule has 11 nitrogen and oxygen atoms in total. The number of nitrogens with zero attached hydrogens (tertiary/aromatic N) is 2. The molecule has 41 heavy (non-hydrogen) atoms. The van der Waals surface area contributed by atoms with Crippen molar-refractivity contribution in [2.75, 3.05) is 6.54 Å². The Hall–Kier alpha value is -4.41. The molecule has 0 unspecified atom stereocenters. The number of carbonyl (C=O) groups excluding carboxylic acids is 4. The fourth-order valence-corrected chi connectivity index (χ4v) is 4.31. The van der Waals surface area contributed by atoms with Crippen LogP contribution in [0, 0.1) is 0 Å². The minimum absolute atomic E-state index is 0.0178. The van der Waals surface area contributed by atoms with Gasteiger partial charge in [-0.2, -0.15) is 4.99 Å². The van der Waals surface area contributed by atoms with Gasteiger partial charge in [0.05, 0.1) is 0 Å². The number of ether oxygens (including phenoxy) is 2. The zero-order valence-corrected chi connectivity index (χ0v) is 24.0. The molecular formula is C30H39N5O6. The van der Waals surface area contributed by atoms with Crippen LogP contribution in [0.1, 0.15) is 63.6 Å². The number of nitrogens with one attached hydrogen (secondary N) is 2. The topological polar surface area (TPSA) is 152 Å². The molecule has 2 aromatic carbocycles. The van der Waals surface area contributed by atoms with Crippen LogP contribution in [0.2, 0.25) is 0 Å². The summed E-state index contributed by atoms with van der Waals surface area (Å²) in [5.74, 6) is -0.559. The van der Waals surface area contributed by atoms with Crippen molar-refractivity contribution < 1.29 is 28.7 Å². The Morgan fingerprint density at radius 2 is 1.73 bits per heavy atom. The predicted octanol–water partition coefficient (Wildman–Crippen LogP) is 3.64. The smallest absolute Gasteiger partial charge is 0.435 e. The van der Waals surface area contributed by atoms with Gasteiger partial charge in [-0.05, 0) is 51.2 Å². The number of amidine groups is 1. The van der Waals surface area contributed by atoms with Crippen molar-refractivity contribution in [2.24, 2.45) is 10.7 Å². The van der Waals surface area contributed by atoms with Gasteiger partial charge in [0.2, 0.25) is 11.8 Å². The van der Waals surface area contributed by atoms with Gasteiger partial charge in [-0.25, -0.2) is 9.59 Å². The largest absolute Gasteiger partial charge is 0.444 e. The average Bonchev–Trinajstić information content (AvgIpc) is 3.43. The first-order chi connectivity index (χ1) is 19.5. The predicted molar refractivity (Wildman–Crippen MR) is 154 cm³/mol. The molecule has 2 atom stereocenters. The molecule has 1 heterocycles. The third-order valence-electron chi connectivity index (χ3n) is 6.37. The second kappa shape index (κ2) is 14.3. The van der Waals surface area contributed by atoms with E-state index in [0.717, 1.165) is 11.1 Å². The molecule has 220 valence electrons. The Kier molecular flexibility index (Phi) is 10.8. The van der Waals surface area contributed by atoms with E-state index < -0.39 is 29.9 Å². The van der Waals surface area contributed by atoms with Crippen molar-refractivity contribution in [1.82, 2.24) is 15.5 Å². The summed E-state index contributed by atoms with van der Waals surface area (Å²) in [4.78, 5) is 55.7. The van der Waals surface area contributed by atoms with Gasteiger partial charge in [0, 0.05) is 18.7 Å². The molecule has 1 aliphatic heterocycles. The van der Waals surface area contributed by atoms with E-state index in [2.05, 4.69) is 15.6 Å². The third-order valence-corrected chi connectivity index (χ3v) is 6.37. The van der Waals surface area contributed by atoms with Crippen LogP contribution < -0.4 is 16.4 Å². The zero-order chi connectivity index (χ0) is 30.0. The number of hydrogen-bond donors (Lipinski definition) is 3. The van der Waals surface area contributed by atoms with Crippen LogP contribution in [0.5, 0.6) is 0 Å². The molecule has 1 aliphatic rings. The lowest BCUT2D eigenvalue weighted by molar-refractivity contribution is -0.140. The van der Waals surface area contributed by atoms with Gasteiger partial charge in [0.1, 0.15) is 30.1 Å². The van der Waals surface area contributed by atoms with Gasteiger partial charge in [0.25, 0.3) is 0 Å². The number of carbonyl (C=O) groups is 4. The SMILES string of the molecule is CC[C@@H](NC(=O)OC(C)(C)C)C(=O)N1CCC[C@H]1C(=O)NCc1ccc(/C(N)=N/C(=O)OCc2ccccc2)cc1. The van der Waals surface area contributed by atoms with Gasteiger partial charge in [-0.15, -0.1) is 0 Å². The van der Waals surface area contributed by atoms with Crippen molar-refractivity contribution in [2.45, 2.75) is 77.8 Å². The second-order valence-electron chi connectivity index (χ2n) is 10.7. The van der Waals surface area contributed by atoms with Gasteiger partial charge < -0.3 is 30.7 Å². The van der Waals surface area contributed by atoms with Crippen molar-refractivity contribution in [3.05, 3.63) is 71.3 Å². The fourth-order valence-electron chi connectivity index (χ4n) is 4.31. The van der Waals surface area contributed by atoms with E-state index in [1.54, 1.807) is 52.0 Å². The Morgan fingerprint density at radius 1 is 1.05 bits per heavy atom. The minimum atomic E-state index is -0.787. The maximum atomic E-state index is 13.2. The van der Waals surface area contributed by atoms with Crippen molar-refractivity contribution in [1.29, 1.82) is 0 Å². The first-order valence-electron chi connectivity index (χ1n) is 13.7. The highest BCUT2D eigenvalue weighted by atomic mass is 16.6. The van der Waals surface area contributed by atoms with Crippen LogP contribution in [0.15, 0.2) is 59.6 Å². The summed E-state index contributed by atoms with van der Waals surface area (Å²) in [7, 11) is 0. The number of alkyl carbamates (subject to hydrolysis) is 1. The van der Waals surface area contributed by atoms with Gasteiger partial charge in [0.15, 0.2) is 0 Å². The highest BCUT2D eigenvalue weighted by Gasteiger charge is 2.37. The van der Waals surface area contributed by atoms with Gasteiger partial charge in [-0.1, -0.05) is 61.5 Å². The van der Waals surface area contributed by atoms with E-state index >= 15 is 0 Å². The van der Waals surface area contributed by atoms with Crippen LogP contribution in [0.25, 0.3) is 0 Å². The van der Waals surface area contributed by atoms with E-state index in [9.17, 15) is 19.2 Å². The van der Waals surface area contributed by atoms with Crippen LogP contribution in [-0.4, -0.2) is 59.0 Å². The number of amides is 4. The summed E-state index contributed by atoms with van der Waals surface area (Å²) in [5.41, 5.74) is 7.46. The molecule has 4 N–H and O–H groups in total. The first kappa shape index (κ1) is 31.1. The molecule has 3 rings (SSSR count). The normalized spacial score (nSPS) is 16.0. The fraction of sp³-hybridized carbons (Fsp3) is 0.433. The lowest BCUT2D eigenvalue weighted by atomic mass is 10.1. The summed E-state index contributed by atoms with van der Waals surface area (Å²) in [6.45, 7) is 7.80. The van der Waals surface area contributed by atoms with Gasteiger partial charge >= 0.3 is 12.2 Å². The number of aliphatic imine (C=N–C) groups is 1. The highest BCUT2D eigenvalue weighted by molar-refractivity contribution is 6.02. The zero-order valence-electron chi connectivity index (χ0n) is 24.0. The Morgan fingerprint density at radius 3 is 2.37 bits per heavy atom. The van der Waals surface area contributed by atoms with E-state index in [0.29, 0.717) is 31.4 Å². The number of likely N-dealkylation sites (tertiary alicyclic amines) is 1. The standard InChI is InChI=1S/C30H39N5O6/c1-5-23(33-29(39)41-30(2,3)4)27(37)35-17-9-12-24(35)26(36)32-18-20-13-15-22(16-14-20)25(31)34-28(38)40-19-21-10-7-6-8-11-21/h6-8,10-11,13-16,23-24H,5,9,12,17-19H2,1-4H3,(H,32,36)(H,33,39)(H2,31,34,38)/t23-,24+/m1/s1. The molecule has 4 amide bonds. The van der Waals surface area contributed by atoms with Gasteiger partial charge in [-0.3, -0.25) is 9.59 Å². The maximum absolute atomic E-state index is 13.2. The Bertz CT molecular complexity index is 1240. The summed E-state index contributed by atoms with van der Waals surface area (Å²) < 4.78 is 10.4. The van der Waals surface area contributed by atoms with Crippen LogP contribution in [-0.2, 0) is 32.2 Å². The summed E-state index contributed by atoms with van der Waals surface area (Å²) in [5, 5.41) is 5.51. The number of rotatable bonds is 9. The summed E-state index contributed by atoms with van der Waals surface area (Å²) in [6.07, 6.45) is 0.133. The average molecular weight is 566 g/mol. The molecule has 0 bridgehead atoms. The quantitative estimate of drug-likeness (QED) is 0.310. The molecule has 11 heteroatoms. The molecule has 1 saturated heterocycles. The molecule has 0 aliphatic carbocycles. The van der Waals surface area contributed by atoms with Crippen molar-refractivity contribution in [3.63, 3.8) is 0 Å². The monoisotopic (exact) mass is 565 g/mol. The third kappa shape index (κ3) is 9.63. The second-order valence-corrected chi connectivity index (χ2v) is 10.7. The number of benzene rings is 2. The first-order valence-corrected chi connectivity index (χ1v) is 13.7. The van der Waals surface area contributed by atoms with E-state index in [4.69, 9.17) is 15.2 Å². The molecule has 1 fully saturated rings. The van der Waals surface area contributed by atoms with E-state index in [-0.39, 0.29) is 30.8 Å². The summed E-state index contributed by atoms with van der Waals surface area (Å²) >= 11 is 0. The molecule has 2 aromatic rings. The lowest BCUT2D eigenvalue weighted by Gasteiger charge is -2.29. The van der Waals surface area contributed by atoms with Crippen molar-refractivity contribution >= 4 is 29.8 Å². The van der Waals surface area contributed by atoms with Crippen molar-refractivity contribution in [3.8, 4) is 0 Å². The van der Waals surface area contributed by atoms with Crippen LogP contribution in [0.4, 0.5) is 9.59 Å². The molecule has 0 spiro atoms. The molecule has 0 aromatic heterocycles. The van der Waals surface area contributed by atoms with E-state index in [1.807, 2.05) is 30.3 Å². The van der Waals surface area contributed by atoms with E-state index in [1.165, 1.54) is 4.90 Å². The number of hydrogen-bond acceptors (Lipinski definition) is 6. The summed E-state index contributed by atoms with van der Waals surface area (Å²) in [6, 6.07) is 14.8. The van der Waals surface area contributed by atoms with Crippen LogP contribution >= 0.6 is 0 Å². The van der Waals surface area contributed by atoms with Crippen LogP contribution in [0.3, 0.4) is 0 Å². The maximum Gasteiger partial charge on any atom is 0.435 e. The highest BCUT2D eigenvalue weighted by Crippen LogP contribution is 2.20. The number of nitrogens with two attached hydrogens (primary N) is 1. The minimum Gasteiger partial charge on any atom is -0.444 e. The molecule has 0 radical (unpaired) electrons. The Labute approximate surface area is 240 Å². The molecule has 0 saturated carbocycles. The lowest BCUT2D eigenvalue weighted by Crippen LogP contribution is -2.53. The Balaban J connectivity index is 1.52.